The molecule has 1 amide bonds. The molecule has 0 fully saturated rings. The van der Waals surface area contributed by atoms with E-state index in [-0.39, 0.29) is 11.7 Å². The van der Waals surface area contributed by atoms with E-state index in [0.717, 1.165) is 11.1 Å². The molecule has 2 aromatic rings. The van der Waals surface area contributed by atoms with Gasteiger partial charge >= 0.3 is 0 Å². The van der Waals surface area contributed by atoms with E-state index in [2.05, 4.69) is 10.3 Å². The van der Waals surface area contributed by atoms with Gasteiger partial charge in [0.1, 0.15) is 5.69 Å². The molecule has 1 aliphatic rings. The van der Waals surface area contributed by atoms with Gasteiger partial charge in [-0.15, -0.1) is 0 Å². The summed E-state index contributed by atoms with van der Waals surface area (Å²) in [6.45, 7) is 1.45. The Bertz CT molecular complexity index is 705. The van der Waals surface area contributed by atoms with Gasteiger partial charge in [-0.2, -0.15) is 0 Å². The number of fused-ring (bicyclic) bond motifs is 1. The number of aliphatic hydroxyl groups excluding tert-OH is 1. The second kappa shape index (κ2) is 5.18. The van der Waals surface area contributed by atoms with Gasteiger partial charge in [0, 0.05) is 18.2 Å². The molecule has 0 bridgehead atoms. The topological polar surface area (TPSA) is 82.2 Å². The first-order chi connectivity index (χ1) is 10.1. The van der Waals surface area contributed by atoms with Crippen LogP contribution < -0.4 is 5.32 Å². The number of hydrogen-bond acceptors (Lipinski definition) is 3. The van der Waals surface area contributed by atoms with Crippen LogP contribution in [-0.2, 0) is 6.42 Å². The number of aromatic amines is 1. The van der Waals surface area contributed by atoms with Crippen LogP contribution in [0.25, 0.3) is 0 Å². The summed E-state index contributed by atoms with van der Waals surface area (Å²) in [7, 11) is 0. The number of carbonyl (C=O) groups is 2. The molecule has 21 heavy (non-hydrogen) atoms. The fraction of sp³-hybridized carbons (Fsp3) is 0.250. The minimum atomic E-state index is -0.631. The Morgan fingerprint density at radius 3 is 2.81 bits per heavy atom. The van der Waals surface area contributed by atoms with Crippen LogP contribution in [-0.4, -0.2) is 27.9 Å². The number of nitrogens with one attached hydrogen (secondary N) is 2. The monoisotopic (exact) mass is 284 g/mol. The normalized spacial score (nSPS) is 20.1. The third-order valence-electron chi connectivity index (χ3n) is 3.82. The molecule has 2 unspecified atom stereocenters. The van der Waals surface area contributed by atoms with Crippen molar-refractivity contribution in [2.75, 3.05) is 0 Å². The number of ketones is 1. The van der Waals surface area contributed by atoms with Crippen molar-refractivity contribution in [1.82, 2.24) is 10.3 Å². The molecular formula is C16H16N2O3. The molecule has 1 heterocycles. The van der Waals surface area contributed by atoms with Crippen LogP contribution in [0.1, 0.15) is 44.9 Å². The smallest absolute Gasteiger partial charge is 0.268 e. The van der Waals surface area contributed by atoms with Crippen molar-refractivity contribution >= 4 is 11.7 Å². The fourth-order valence-electron chi connectivity index (χ4n) is 2.70. The molecule has 2 atom stereocenters. The summed E-state index contributed by atoms with van der Waals surface area (Å²) >= 11 is 0. The first kappa shape index (κ1) is 13.6. The molecule has 1 aliphatic carbocycles. The minimum Gasteiger partial charge on any atom is -0.390 e. The Labute approximate surface area is 122 Å². The molecule has 1 aromatic heterocycles. The van der Waals surface area contributed by atoms with Crippen LogP contribution in [0.2, 0.25) is 0 Å². The summed E-state index contributed by atoms with van der Waals surface area (Å²) in [6, 6.07) is 8.76. The number of benzene rings is 1. The highest BCUT2D eigenvalue weighted by atomic mass is 16.3. The van der Waals surface area contributed by atoms with Crippen LogP contribution in [0.3, 0.4) is 0 Å². The maximum Gasteiger partial charge on any atom is 0.268 e. The lowest BCUT2D eigenvalue weighted by molar-refractivity contribution is 0.0854. The third kappa shape index (κ3) is 2.48. The van der Waals surface area contributed by atoms with E-state index < -0.39 is 12.1 Å². The number of aromatic nitrogens is 1. The largest absolute Gasteiger partial charge is 0.390 e. The van der Waals surface area contributed by atoms with Gasteiger partial charge in [-0.25, -0.2) is 0 Å². The Balaban J connectivity index is 1.80. The Morgan fingerprint density at radius 2 is 2.10 bits per heavy atom. The predicted octanol–water partition coefficient (Wildman–Crippen LogP) is 1.61. The number of hydrogen-bond donors (Lipinski definition) is 3. The van der Waals surface area contributed by atoms with Gasteiger partial charge in [-0.1, -0.05) is 24.3 Å². The predicted molar refractivity (Wildman–Crippen MR) is 77.2 cm³/mol. The van der Waals surface area contributed by atoms with E-state index in [4.69, 9.17) is 0 Å². The van der Waals surface area contributed by atoms with Gasteiger partial charge in [0.2, 0.25) is 0 Å². The zero-order valence-corrected chi connectivity index (χ0v) is 11.6. The quantitative estimate of drug-likeness (QED) is 0.749. The maximum absolute atomic E-state index is 12.2. The summed E-state index contributed by atoms with van der Waals surface area (Å²) in [6.07, 6.45) is 1.41. The third-order valence-corrected chi connectivity index (χ3v) is 3.82. The van der Waals surface area contributed by atoms with Crippen LogP contribution in [0.15, 0.2) is 36.5 Å². The van der Waals surface area contributed by atoms with E-state index in [1.807, 2.05) is 24.3 Å². The van der Waals surface area contributed by atoms with Gasteiger partial charge in [-0.05, 0) is 24.1 Å². The van der Waals surface area contributed by atoms with Crippen molar-refractivity contribution in [1.29, 1.82) is 0 Å². The summed E-state index contributed by atoms with van der Waals surface area (Å²) in [5.41, 5.74) is 2.77. The van der Waals surface area contributed by atoms with Gasteiger partial charge < -0.3 is 15.4 Å². The average Bonchev–Trinajstić information content (AvgIpc) is 3.05. The first-order valence-corrected chi connectivity index (χ1v) is 6.82. The van der Waals surface area contributed by atoms with E-state index in [1.165, 1.54) is 19.2 Å². The van der Waals surface area contributed by atoms with Gasteiger partial charge in [0.15, 0.2) is 5.78 Å². The SMILES string of the molecule is CC(=O)c1c[nH]c(C(=O)NC2c3ccccc3CC2O)c1. The van der Waals surface area contributed by atoms with Gasteiger partial charge in [-0.3, -0.25) is 9.59 Å². The molecule has 108 valence electrons. The highest BCUT2D eigenvalue weighted by molar-refractivity contribution is 5.99. The molecule has 3 N–H and O–H groups in total. The Kier molecular flexibility index (Phi) is 3.35. The molecule has 1 aromatic carbocycles. The minimum absolute atomic E-state index is 0.100. The number of rotatable bonds is 3. The van der Waals surface area contributed by atoms with Crippen LogP contribution in [0, 0.1) is 0 Å². The van der Waals surface area contributed by atoms with Gasteiger partial charge in [0.05, 0.1) is 12.1 Å². The second-order valence-electron chi connectivity index (χ2n) is 5.28. The molecule has 5 nitrogen and oxygen atoms in total. The molecule has 0 aliphatic heterocycles. The average molecular weight is 284 g/mol. The number of Topliss-reactive ketones (excluding diaryl/α,β-unsaturated/α-hetero) is 1. The summed E-state index contributed by atoms with van der Waals surface area (Å²) in [5, 5.41) is 12.9. The van der Waals surface area contributed by atoms with Crippen molar-refractivity contribution in [3.8, 4) is 0 Å². The van der Waals surface area contributed by atoms with Gasteiger partial charge in [0.25, 0.3) is 5.91 Å². The zero-order valence-electron chi connectivity index (χ0n) is 11.6. The molecule has 3 rings (SSSR count). The number of amides is 1. The molecule has 0 saturated carbocycles. The highest BCUT2D eigenvalue weighted by Crippen LogP contribution is 2.31. The van der Waals surface area contributed by atoms with Crippen molar-refractivity contribution in [3.05, 3.63) is 58.9 Å². The van der Waals surface area contributed by atoms with Crippen molar-refractivity contribution < 1.29 is 14.7 Å². The lowest BCUT2D eigenvalue weighted by Crippen LogP contribution is -2.34. The number of carbonyl (C=O) groups excluding carboxylic acids is 2. The fourth-order valence-corrected chi connectivity index (χ4v) is 2.70. The highest BCUT2D eigenvalue weighted by Gasteiger charge is 2.32. The summed E-state index contributed by atoms with van der Waals surface area (Å²) in [5.74, 6) is -0.431. The lowest BCUT2D eigenvalue weighted by atomic mass is 10.1. The van der Waals surface area contributed by atoms with E-state index >= 15 is 0 Å². The van der Waals surface area contributed by atoms with Crippen LogP contribution in [0.5, 0.6) is 0 Å². The van der Waals surface area contributed by atoms with E-state index in [0.29, 0.717) is 17.7 Å². The summed E-state index contributed by atoms with van der Waals surface area (Å²) in [4.78, 5) is 26.3. The van der Waals surface area contributed by atoms with Crippen molar-refractivity contribution in [2.24, 2.45) is 0 Å². The molecular weight excluding hydrogens is 268 g/mol. The van der Waals surface area contributed by atoms with Crippen molar-refractivity contribution in [2.45, 2.75) is 25.5 Å². The van der Waals surface area contributed by atoms with Crippen molar-refractivity contribution in [3.63, 3.8) is 0 Å². The zero-order chi connectivity index (χ0) is 15.0. The number of aliphatic hydroxyl groups is 1. The molecule has 0 spiro atoms. The first-order valence-electron chi connectivity index (χ1n) is 6.82. The molecule has 0 saturated heterocycles. The number of H-pyrrole nitrogens is 1. The second-order valence-corrected chi connectivity index (χ2v) is 5.28. The summed E-state index contributed by atoms with van der Waals surface area (Å²) < 4.78 is 0. The standard InChI is InChI=1S/C16H16N2O3/c1-9(19)11-6-13(17-8-11)16(21)18-15-12-5-3-2-4-10(12)7-14(15)20/h2-6,8,14-15,17,20H,7H2,1H3,(H,18,21). The molecule has 5 heteroatoms. The van der Waals surface area contributed by atoms with Crippen LogP contribution >= 0.6 is 0 Å². The maximum atomic E-state index is 12.2. The Morgan fingerprint density at radius 1 is 1.33 bits per heavy atom. The molecule has 0 radical (unpaired) electrons. The van der Waals surface area contributed by atoms with E-state index in [1.54, 1.807) is 0 Å². The lowest BCUT2D eigenvalue weighted by Gasteiger charge is -2.17. The Hall–Kier alpha value is -2.40. The van der Waals surface area contributed by atoms with Crippen LogP contribution in [0.4, 0.5) is 0 Å². The van der Waals surface area contributed by atoms with E-state index in [9.17, 15) is 14.7 Å².